The Bertz CT molecular complexity index is 279. The van der Waals surface area contributed by atoms with Gasteiger partial charge in [0, 0.05) is 18.5 Å². The molecule has 1 aromatic rings. The summed E-state index contributed by atoms with van der Waals surface area (Å²) in [5.41, 5.74) is 6.65. The van der Waals surface area contributed by atoms with Crippen molar-refractivity contribution in [2.75, 3.05) is 13.1 Å². The fraction of sp³-hybridized carbons (Fsp3) is 0.700. The van der Waals surface area contributed by atoms with Crippen LogP contribution in [0.1, 0.15) is 24.2 Å². The Morgan fingerprint density at radius 3 is 3.00 bits per heavy atom. The maximum absolute atomic E-state index is 5.59. The Hall–Kier alpha value is -0.870. The van der Waals surface area contributed by atoms with E-state index in [0.717, 1.165) is 36.8 Å². The Balaban J connectivity index is 1.95. The smallest absolute Gasteiger partial charge is 0.141 e. The van der Waals surface area contributed by atoms with Gasteiger partial charge in [-0.2, -0.15) is 0 Å². The molecule has 0 unspecified atom stereocenters. The van der Waals surface area contributed by atoms with Crippen LogP contribution in [-0.2, 0) is 13.0 Å². The van der Waals surface area contributed by atoms with Crippen molar-refractivity contribution in [3.05, 3.63) is 17.5 Å². The van der Waals surface area contributed by atoms with Gasteiger partial charge in [-0.25, -0.2) is 0 Å². The van der Waals surface area contributed by atoms with E-state index < -0.39 is 0 Å². The minimum Gasteiger partial charge on any atom is -0.361 e. The van der Waals surface area contributed by atoms with Crippen molar-refractivity contribution in [1.29, 1.82) is 0 Å². The molecule has 0 atom stereocenters. The number of nitrogens with two attached hydrogens (primary N) is 1. The van der Waals surface area contributed by atoms with Gasteiger partial charge in [-0.1, -0.05) is 5.16 Å². The third kappa shape index (κ3) is 2.13. The molecule has 0 aromatic carbocycles. The largest absolute Gasteiger partial charge is 0.361 e. The van der Waals surface area contributed by atoms with Crippen LogP contribution in [0.4, 0.5) is 0 Å². The lowest BCUT2D eigenvalue weighted by Crippen LogP contribution is -2.28. The van der Waals surface area contributed by atoms with Gasteiger partial charge in [0.25, 0.3) is 0 Å². The zero-order chi connectivity index (χ0) is 9.80. The molecule has 3 N–H and O–H groups in total. The molecule has 2 heterocycles. The van der Waals surface area contributed by atoms with Crippen molar-refractivity contribution in [3.63, 3.8) is 0 Å². The predicted octanol–water partition coefficient (Wildman–Crippen LogP) is 0.675. The number of hydrogen-bond donors (Lipinski definition) is 2. The number of nitrogens with zero attached hydrogens (tertiary/aromatic N) is 1. The van der Waals surface area contributed by atoms with E-state index in [0.29, 0.717) is 6.54 Å². The van der Waals surface area contributed by atoms with Crippen molar-refractivity contribution >= 4 is 0 Å². The Morgan fingerprint density at radius 1 is 1.50 bits per heavy atom. The lowest BCUT2D eigenvalue weighted by atomic mass is 9.92. The second-order valence-electron chi connectivity index (χ2n) is 3.88. The van der Waals surface area contributed by atoms with Crippen LogP contribution in [0.3, 0.4) is 0 Å². The first kappa shape index (κ1) is 9.68. The number of piperidine rings is 1. The lowest BCUT2D eigenvalue weighted by Gasteiger charge is -2.21. The summed E-state index contributed by atoms with van der Waals surface area (Å²) >= 11 is 0. The van der Waals surface area contributed by atoms with Crippen molar-refractivity contribution in [2.45, 2.75) is 25.8 Å². The van der Waals surface area contributed by atoms with Crippen molar-refractivity contribution in [1.82, 2.24) is 10.5 Å². The second-order valence-corrected chi connectivity index (χ2v) is 3.88. The van der Waals surface area contributed by atoms with Gasteiger partial charge in [-0.05, 0) is 31.8 Å². The van der Waals surface area contributed by atoms with E-state index in [2.05, 4.69) is 10.5 Å². The standard InChI is InChI=1S/C10H17N3O/c11-6-9-7-13-14-10(9)5-8-1-3-12-4-2-8/h7-8,12H,1-6,11H2. The first-order valence-electron chi connectivity index (χ1n) is 5.23. The highest BCUT2D eigenvalue weighted by molar-refractivity contribution is 5.13. The first-order chi connectivity index (χ1) is 6.90. The molecule has 1 saturated heterocycles. The Labute approximate surface area is 83.8 Å². The summed E-state index contributed by atoms with van der Waals surface area (Å²) in [6.45, 7) is 2.78. The molecule has 2 rings (SSSR count). The average Bonchev–Trinajstić information content (AvgIpc) is 2.67. The molecule has 4 heteroatoms. The van der Waals surface area contributed by atoms with Gasteiger partial charge < -0.3 is 15.6 Å². The van der Waals surface area contributed by atoms with E-state index in [1.54, 1.807) is 6.20 Å². The van der Waals surface area contributed by atoms with Crippen molar-refractivity contribution < 1.29 is 4.52 Å². The van der Waals surface area contributed by atoms with Crippen LogP contribution in [-0.4, -0.2) is 18.2 Å². The molecule has 0 amide bonds. The molecule has 78 valence electrons. The van der Waals surface area contributed by atoms with Gasteiger partial charge in [0.2, 0.25) is 0 Å². The molecule has 0 spiro atoms. The third-order valence-electron chi connectivity index (χ3n) is 2.88. The molecule has 0 saturated carbocycles. The van der Waals surface area contributed by atoms with Gasteiger partial charge in [-0.15, -0.1) is 0 Å². The topological polar surface area (TPSA) is 64.1 Å². The number of hydrogen-bond acceptors (Lipinski definition) is 4. The quantitative estimate of drug-likeness (QED) is 0.744. The molecule has 1 aliphatic heterocycles. The molecule has 1 aliphatic rings. The van der Waals surface area contributed by atoms with Gasteiger partial charge in [0.05, 0.1) is 6.20 Å². The Kier molecular flexibility index (Phi) is 3.16. The van der Waals surface area contributed by atoms with Gasteiger partial charge in [-0.3, -0.25) is 0 Å². The molecule has 14 heavy (non-hydrogen) atoms. The van der Waals surface area contributed by atoms with E-state index in [1.807, 2.05) is 0 Å². The average molecular weight is 195 g/mol. The van der Waals surface area contributed by atoms with Crippen LogP contribution in [0.5, 0.6) is 0 Å². The zero-order valence-corrected chi connectivity index (χ0v) is 8.33. The molecule has 1 aromatic heterocycles. The maximum atomic E-state index is 5.59. The van der Waals surface area contributed by atoms with Crippen LogP contribution in [0.2, 0.25) is 0 Å². The minimum absolute atomic E-state index is 0.532. The number of aromatic nitrogens is 1. The minimum atomic E-state index is 0.532. The first-order valence-corrected chi connectivity index (χ1v) is 5.23. The van der Waals surface area contributed by atoms with E-state index in [4.69, 9.17) is 10.3 Å². The summed E-state index contributed by atoms with van der Waals surface area (Å²) in [4.78, 5) is 0. The van der Waals surface area contributed by atoms with Gasteiger partial charge in [0.15, 0.2) is 0 Å². The van der Waals surface area contributed by atoms with E-state index in [9.17, 15) is 0 Å². The lowest BCUT2D eigenvalue weighted by molar-refractivity contribution is 0.317. The van der Waals surface area contributed by atoms with Gasteiger partial charge in [0.1, 0.15) is 5.76 Å². The van der Waals surface area contributed by atoms with Crippen molar-refractivity contribution in [2.24, 2.45) is 11.7 Å². The fourth-order valence-electron chi connectivity index (χ4n) is 1.97. The highest BCUT2D eigenvalue weighted by atomic mass is 16.5. The Morgan fingerprint density at radius 2 is 2.29 bits per heavy atom. The summed E-state index contributed by atoms with van der Waals surface area (Å²) in [7, 11) is 0. The second kappa shape index (κ2) is 4.57. The summed E-state index contributed by atoms with van der Waals surface area (Å²) in [5, 5.41) is 7.14. The molecular weight excluding hydrogens is 178 g/mol. The molecule has 0 radical (unpaired) electrons. The molecule has 1 fully saturated rings. The molecule has 0 bridgehead atoms. The highest BCUT2D eigenvalue weighted by Gasteiger charge is 2.17. The monoisotopic (exact) mass is 195 g/mol. The zero-order valence-electron chi connectivity index (χ0n) is 8.33. The van der Waals surface area contributed by atoms with E-state index >= 15 is 0 Å². The summed E-state index contributed by atoms with van der Waals surface area (Å²) in [6, 6.07) is 0. The number of nitrogens with one attached hydrogen (secondary N) is 1. The predicted molar refractivity (Wildman–Crippen MR) is 53.7 cm³/mol. The van der Waals surface area contributed by atoms with Crippen LogP contribution in [0.25, 0.3) is 0 Å². The summed E-state index contributed by atoms with van der Waals surface area (Å²) < 4.78 is 5.21. The normalized spacial score (nSPS) is 18.6. The van der Waals surface area contributed by atoms with Crippen LogP contribution in [0.15, 0.2) is 10.7 Å². The van der Waals surface area contributed by atoms with E-state index in [-0.39, 0.29) is 0 Å². The third-order valence-corrected chi connectivity index (χ3v) is 2.88. The summed E-state index contributed by atoms with van der Waals surface area (Å²) in [5.74, 6) is 1.72. The molecule has 0 aliphatic carbocycles. The van der Waals surface area contributed by atoms with Crippen LogP contribution in [0, 0.1) is 5.92 Å². The molecular formula is C10H17N3O. The van der Waals surface area contributed by atoms with Crippen molar-refractivity contribution in [3.8, 4) is 0 Å². The fourth-order valence-corrected chi connectivity index (χ4v) is 1.97. The van der Waals surface area contributed by atoms with E-state index in [1.165, 1.54) is 12.8 Å². The SMILES string of the molecule is NCc1cnoc1CC1CCNCC1. The molecule has 4 nitrogen and oxygen atoms in total. The maximum Gasteiger partial charge on any atom is 0.141 e. The van der Waals surface area contributed by atoms with Gasteiger partial charge >= 0.3 is 0 Å². The highest BCUT2D eigenvalue weighted by Crippen LogP contribution is 2.19. The van der Waals surface area contributed by atoms with Crippen LogP contribution >= 0.6 is 0 Å². The number of rotatable bonds is 3. The summed E-state index contributed by atoms with van der Waals surface area (Å²) in [6.07, 6.45) is 5.18. The van der Waals surface area contributed by atoms with Crippen LogP contribution < -0.4 is 11.1 Å².